The van der Waals surface area contributed by atoms with Gasteiger partial charge >= 0.3 is 0 Å². The van der Waals surface area contributed by atoms with Crippen LogP contribution in [0.4, 0.5) is 10.2 Å². The lowest BCUT2D eigenvalue weighted by Gasteiger charge is -2.39. The van der Waals surface area contributed by atoms with Crippen molar-refractivity contribution in [1.82, 2.24) is 20.3 Å². The molecule has 3 heterocycles. The molecule has 1 saturated heterocycles. The van der Waals surface area contributed by atoms with Crippen LogP contribution in [0.15, 0.2) is 42.9 Å². The summed E-state index contributed by atoms with van der Waals surface area (Å²) in [6, 6.07) is 8.22. The van der Waals surface area contributed by atoms with E-state index < -0.39 is 0 Å². The van der Waals surface area contributed by atoms with E-state index in [4.69, 9.17) is 0 Å². The second-order valence-corrected chi connectivity index (χ2v) is 8.35. The zero-order valence-electron chi connectivity index (χ0n) is 16.4. The van der Waals surface area contributed by atoms with Crippen molar-refractivity contribution >= 4 is 22.8 Å². The number of hydrogen-bond acceptors (Lipinski definition) is 4. The number of fused-ring (bicyclic) bond motifs is 1. The molecule has 2 N–H and O–H groups in total. The van der Waals surface area contributed by atoms with Crippen molar-refractivity contribution in [1.29, 1.82) is 0 Å². The Labute approximate surface area is 168 Å². The predicted octanol–water partition coefficient (Wildman–Crippen LogP) is 3.58. The summed E-state index contributed by atoms with van der Waals surface area (Å²) in [6.07, 6.45) is 6.36. The number of H-pyrrole nitrogens is 1. The van der Waals surface area contributed by atoms with Crippen molar-refractivity contribution < 1.29 is 9.18 Å². The van der Waals surface area contributed by atoms with E-state index in [9.17, 15) is 9.18 Å². The van der Waals surface area contributed by atoms with Crippen LogP contribution in [-0.2, 0) is 4.79 Å². The third-order valence-corrected chi connectivity index (χ3v) is 6.48. The van der Waals surface area contributed by atoms with E-state index in [1.807, 2.05) is 25.3 Å². The lowest BCUT2D eigenvalue weighted by atomic mass is 9.81. The molecule has 1 aliphatic carbocycles. The number of aromatic amines is 1. The Kier molecular flexibility index (Phi) is 4.26. The highest BCUT2D eigenvalue weighted by Gasteiger charge is 2.55. The predicted molar refractivity (Wildman–Crippen MR) is 109 cm³/mol. The number of piperidine rings is 1. The number of carbonyl (C=O) groups is 1. The normalized spacial score (nSPS) is 21.3. The van der Waals surface area contributed by atoms with E-state index in [1.54, 1.807) is 12.4 Å². The first kappa shape index (κ1) is 18.1. The molecule has 2 fully saturated rings. The molecule has 2 atom stereocenters. The summed E-state index contributed by atoms with van der Waals surface area (Å²) in [7, 11) is 0. The molecule has 1 aromatic carbocycles. The first-order chi connectivity index (χ1) is 14.1. The molecule has 1 amide bonds. The van der Waals surface area contributed by atoms with Crippen molar-refractivity contribution in [3.8, 4) is 0 Å². The molecule has 3 aromatic rings. The lowest BCUT2D eigenvalue weighted by molar-refractivity contribution is -0.128. The number of rotatable bonds is 4. The fourth-order valence-electron chi connectivity index (χ4n) is 4.70. The Morgan fingerprint density at radius 1 is 1.34 bits per heavy atom. The molecule has 5 rings (SSSR count). The van der Waals surface area contributed by atoms with Crippen molar-refractivity contribution in [2.24, 2.45) is 11.3 Å². The van der Waals surface area contributed by atoms with Crippen molar-refractivity contribution in [2.45, 2.75) is 32.2 Å². The van der Waals surface area contributed by atoms with Crippen LogP contribution in [-0.4, -0.2) is 33.9 Å². The van der Waals surface area contributed by atoms with Crippen molar-refractivity contribution in [3.63, 3.8) is 0 Å². The van der Waals surface area contributed by atoms with Gasteiger partial charge in [0.1, 0.15) is 23.6 Å². The molecule has 150 valence electrons. The van der Waals surface area contributed by atoms with Crippen LogP contribution >= 0.6 is 0 Å². The van der Waals surface area contributed by atoms with Gasteiger partial charge in [-0.1, -0.05) is 12.1 Å². The average Bonchev–Trinajstić information content (AvgIpc) is 3.29. The van der Waals surface area contributed by atoms with Crippen LogP contribution in [0, 0.1) is 17.2 Å². The number of anilines is 1. The standard InChI is InChI=1S/C22H24FN5O/c1-14(15-3-2-4-16(23)11-15)27-21(29)18-6-10-28(12-22(18)7-8-22)20-17-5-9-24-19(17)25-13-26-20/h2-5,9,11,13-14,18H,6-8,10,12H2,1H3,(H,27,29)(H,24,25,26)/t14-,18?/m1/s1. The van der Waals surface area contributed by atoms with Crippen LogP contribution in [0.5, 0.6) is 0 Å². The van der Waals surface area contributed by atoms with Crippen molar-refractivity contribution in [3.05, 3.63) is 54.2 Å². The second-order valence-electron chi connectivity index (χ2n) is 8.35. The largest absolute Gasteiger partial charge is 0.355 e. The highest BCUT2D eigenvalue weighted by atomic mass is 19.1. The summed E-state index contributed by atoms with van der Waals surface area (Å²) in [5.74, 6) is 0.720. The summed E-state index contributed by atoms with van der Waals surface area (Å²) in [4.78, 5) is 27.3. The highest BCUT2D eigenvalue weighted by Crippen LogP contribution is 2.56. The molecule has 1 saturated carbocycles. The van der Waals surface area contributed by atoms with E-state index in [2.05, 4.69) is 25.2 Å². The Morgan fingerprint density at radius 2 is 2.21 bits per heavy atom. The molecular formula is C22H24FN5O. The van der Waals surface area contributed by atoms with Gasteiger partial charge in [0.15, 0.2) is 0 Å². The molecule has 2 aliphatic rings. The van der Waals surface area contributed by atoms with Gasteiger partial charge in [0.05, 0.1) is 11.4 Å². The quantitative estimate of drug-likeness (QED) is 0.711. The third kappa shape index (κ3) is 3.24. The Bertz CT molecular complexity index is 1060. The molecule has 0 bridgehead atoms. The number of halogens is 1. The van der Waals surface area contributed by atoms with Crippen LogP contribution in [0.25, 0.3) is 11.0 Å². The summed E-state index contributed by atoms with van der Waals surface area (Å²) in [6.45, 7) is 3.52. The average molecular weight is 393 g/mol. The van der Waals surface area contributed by atoms with Crippen LogP contribution in [0.2, 0.25) is 0 Å². The van der Waals surface area contributed by atoms with E-state index in [0.717, 1.165) is 54.8 Å². The van der Waals surface area contributed by atoms with E-state index in [-0.39, 0.29) is 29.1 Å². The first-order valence-corrected chi connectivity index (χ1v) is 10.1. The maximum absolute atomic E-state index is 13.5. The van der Waals surface area contributed by atoms with E-state index >= 15 is 0 Å². The minimum absolute atomic E-state index is 0.0115. The number of aromatic nitrogens is 3. The molecule has 2 aromatic heterocycles. The minimum Gasteiger partial charge on any atom is -0.355 e. The Morgan fingerprint density at radius 3 is 3.00 bits per heavy atom. The monoisotopic (exact) mass is 393 g/mol. The molecule has 7 heteroatoms. The fourth-order valence-corrected chi connectivity index (χ4v) is 4.70. The molecule has 1 aliphatic heterocycles. The number of nitrogens with one attached hydrogen (secondary N) is 2. The van der Waals surface area contributed by atoms with Crippen LogP contribution < -0.4 is 10.2 Å². The van der Waals surface area contributed by atoms with Gasteiger partial charge in [-0.2, -0.15) is 0 Å². The number of carbonyl (C=O) groups excluding carboxylic acids is 1. The van der Waals surface area contributed by atoms with Gasteiger partial charge in [-0.15, -0.1) is 0 Å². The first-order valence-electron chi connectivity index (χ1n) is 10.1. The van der Waals surface area contributed by atoms with Gasteiger partial charge < -0.3 is 15.2 Å². The SMILES string of the molecule is C[C@@H](NC(=O)C1CCN(c2ncnc3[nH]ccc23)CC12CC2)c1cccc(F)c1. The third-order valence-electron chi connectivity index (χ3n) is 6.48. The number of amides is 1. The van der Waals surface area contributed by atoms with E-state index in [1.165, 1.54) is 12.1 Å². The van der Waals surface area contributed by atoms with E-state index in [0.29, 0.717) is 0 Å². The molecule has 0 radical (unpaired) electrons. The lowest BCUT2D eigenvalue weighted by Crippen LogP contribution is -2.48. The molecule has 1 spiro atoms. The number of nitrogens with zero attached hydrogens (tertiary/aromatic N) is 3. The van der Waals surface area contributed by atoms with Gasteiger partial charge in [-0.05, 0) is 55.4 Å². The topological polar surface area (TPSA) is 73.9 Å². The second kappa shape index (κ2) is 6.83. The maximum atomic E-state index is 13.5. The van der Waals surface area contributed by atoms with Crippen molar-refractivity contribution in [2.75, 3.05) is 18.0 Å². The van der Waals surface area contributed by atoms with Gasteiger partial charge in [0.25, 0.3) is 0 Å². The number of benzene rings is 1. The minimum atomic E-state index is -0.281. The number of hydrogen-bond donors (Lipinski definition) is 2. The van der Waals surface area contributed by atoms with Crippen LogP contribution in [0.1, 0.15) is 37.8 Å². The molecule has 29 heavy (non-hydrogen) atoms. The Hall–Kier alpha value is -2.96. The Balaban J connectivity index is 1.31. The highest BCUT2D eigenvalue weighted by molar-refractivity contribution is 5.87. The molecular weight excluding hydrogens is 369 g/mol. The summed E-state index contributed by atoms with van der Waals surface area (Å²) in [5.41, 5.74) is 1.64. The summed E-state index contributed by atoms with van der Waals surface area (Å²) >= 11 is 0. The fraction of sp³-hybridized carbons (Fsp3) is 0.409. The smallest absolute Gasteiger partial charge is 0.224 e. The maximum Gasteiger partial charge on any atom is 0.224 e. The van der Waals surface area contributed by atoms with Gasteiger partial charge in [0, 0.05) is 25.2 Å². The van der Waals surface area contributed by atoms with Gasteiger partial charge in [-0.3, -0.25) is 4.79 Å². The molecule has 1 unspecified atom stereocenters. The zero-order valence-corrected chi connectivity index (χ0v) is 16.4. The zero-order chi connectivity index (χ0) is 20.0. The van der Waals surface area contributed by atoms with Crippen LogP contribution in [0.3, 0.4) is 0 Å². The van der Waals surface area contributed by atoms with Gasteiger partial charge in [-0.25, -0.2) is 14.4 Å². The summed E-state index contributed by atoms with van der Waals surface area (Å²) < 4.78 is 13.5. The van der Waals surface area contributed by atoms with Gasteiger partial charge in [0.2, 0.25) is 5.91 Å². The summed E-state index contributed by atoms with van der Waals surface area (Å²) in [5, 5.41) is 4.13. The molecule has 6 nitrogen and oxygen atoms in total.